The molecule has 0 aliphatic heterocycles. The summed E-state index contributed by atoms with van der Waals surface area (Å²) in [6, 6.07) is 8.57. The number of benzene rings is 1. The standard InChI is InChI=1S/C11H15Br/c1-11(2,3)10-7-5-4-6-9(10)8-12/h4-7H,8H2,1-3H3. The van der Waals surface area contributed by atoms with Crippen LogP contribution in [0.25, 0.3) is 0 Å². The Morgan fingerprint density at radius 2 is 1.75 bits per heavy atom. The zero-order chi connectivity index (χ0) is 9.19. The molecule has 0 aliphatic carbocycles. The smallest absolute Gasteiger partial charge is 0.0285 e. The van der Waals surface area contributed by atoms with Gasteiger partial charge < -0.3 is 0 Å². The van der Waals surface area contributed by atoms with Gasteiger partial charge in [-0.3, -0.25) is 0 Å². The van der Waals surface area contributed by atoms with E-state index < -0.39 is 0 Å². The molecule has 0 bridgehead atoms. The van der Waals surface area contributed by atoms with E-state index >= 15 is 0 Å². The summed E-state index contributed by atoms with van der Waals surface area (Å²) in [5.41, 5.74) is 3.08. The first-order valence-corrected chi connectivity index (χ1v) is 5.32. The summed E-state index contributed by atoms with van der Waals surface area (Å²) in [6.45, 7) is 6.73. The highest BCUT2D eigenvalue weighted by atomic mass is 79.9. The van der Waals surface area contributed by atoms with E-state index in [1.165, 1.54) is 11.1 Å². The number of hydrogen-bond donors (Lipinski definition) is 0. The van der Waals surface area contributed by atoms with E-state index in [1.54, 1.807) is 0 Å². The lowest BCUT2D eigenvalue weighted by Gasteiger charge is -2.21. The van der Waals surface area contributed by atoms with Gasteiger partial charge >= 0.3 is 0 Å². The molecule has 0 N–H and O–H groups in total. The minimum absolute atomic E-state index is 0.254. The molecule has 1 aromatic carbocycles. The van der Waals surface area contributed by atoms with E-state index in [1.807, 2.05) is 0 Å². The summed E-state index contributed by atoms with van der Waals surface area (Å²) in [5.74, 6) is 0. The average Bonchev–Trinajstić information content (AvgIpc) is 2.03. The van der Waals surface area contributed by atoms with Gasteiger partial charge in [0.15, 0.2) is 0 Å². The summed E-state index contributed by atoms with van der Waals surface area (Å²) < 4.78 is 0. The van der Waals surface area contributed by atoms with Gasteiger partial charge in [0.25, 0.3) is 0 Å². The third-order valence-electron chi connectivity index (χ3n) is 1.97. The van der Waals surface area contributed by atoms with Crippen molar-refractivity contribution >= 4 is 15.9 Å². The van der Waals surface area contributed by atoms with Crippen LogP contribution in [0, 0.1) is 0 Å². The zero-order valence-corrected chi connectivity index (χ0v) is 9.48. The third-order valence-corrected chi connectivity index (χ3v) is 2.57. The molecule has 0 aromatic heterocycles. The molecule has 0 nitrogen and oxygen atoms in total. The molecule has 66 valence electrons. The molecule has 1 rings (SSSR count). The Hall–Kier alpha value is -0.300. The first kappa shape index (κ1) is 9.79. The van der Waals surface area contributed by atoms with Crippen LogP contribution >= 0.6 is 15.9 Å². The van der Waals surface area contributed by atoms with Gasteiger partial charge in [0.05, 0.1) is 0 Å². The second-order valence-corrected chi connectivity index (χ2v) is 4.60. The van der Waals surface area contributed by atoms with Crippen LogP contribution in [0.3, 0.4) is 0 Å². The summed E-state index contributed by atoms with van der Waals surface area (Å²) in [7, 11) is 0. The van der Waals surface area contributed by atoms with Crippen LogP contribution in [0.4, 0.5) is 0 Å². The van der Waals surface area contributed by atoms with Crippen LogP contribution in [0.1, 0.15) is 31.9 Å². The predicted octanol–water partition coefficient (Wildman–Crippen LogP) is 3.88. The topological polar surface area (TPSA) is 0 Å². The molecule has 0 saturated heterocycles. The Kier molecular flexibility index (Phi) is 2.94. The lowest BCUT2D eigenvalue weighted by atomic mass is 9.84. The molecule has 1 aromatic rings. The van der Waals surface area contributed by atoms with Crippen LogP contribution in [0.2, 0.25) is 0 Å². The van der Waals surface area contributed by atoms with Crippen LogP contribution in [-0.4, -0.2) is 0 Å². The maximum atomic E-state index is 3.50. The van der Waals surface area contributed by atoms with E-state index in [2.05, 4.69) is 61.0 Å². The molecule has 0 aliphatic rings. The maximum Gasteiger partial charge on any atom is 0.0285 e. The first-order chi connectivity index (χ1) is 5.55. The largest absolute Gasteiger partial charge is 0.0876 e. The second kappa shape index (κ2) is 3.61. The van der Waals surface area contributed by atoms with Crippen molar-refractivity contribution in [2.24, 2.45) is 0 Å². The highest BCUT2D eigenvalue weighted by molar-refractivity contribution is 9.08. The molecule has 0 radical (unpaired) electrons. The SMILES string of the molecule is CC(C)(C)c1ccccc1CBr. The van der Waals surface area contributed by atoms with E-state index in [0.717, 1.165) is 5.33 Å². The summed E-state index contributed by atoms with van der Waals surface area (Å²) >= 11 is 3.50. The van der Waals surface area contributed by atoms with E-state index in [0.29, 0.717) is 0 Å². The van der Waals surface area contributed by atoms with Gasteiger partial charge in [-0.1, -0.05) is 61.0 Å². The number of alkyl halides is 1. The predicted molar refractivity (Wildman–Crippen MR) is 57.8 cm³/mol. The maximum absolute atomic E-state index is 3.50. The van der Waals surface area contributed by atoms with Crippen molar-refractivity contribution in [2.45, 2.75) is 31.5 Å². The van der Waals surface area contributed by atoms with E-state index in [-0.39, 0.29) is 5.41 Å². The molecular weight excluding hydrogens is 212 g/mol. The Morgan fingerprint density at radius 3 is 2.17 bits per heavy atom. The summed E-state index contributed by atoms with van der Waals surface area (Å²) in [4.78, 5) is 0. The average molecular weight is 227 g/mol. The molecule has 0 saturated carbocycles. The number of rotatable bonds is 1. The van der Waals surface area contributed by atoms with Gasteiger partial charge in [-0.25, -0.2) is 0 Å². The van der Waals surface area contributed by atoms with Gasteiger partial charge in [-0.05, 0) is 16.5 Å². The van der Waals surface area contributed by atoms with Crippen molar-refractivity contribution in [3.63, 3.8) is 0 Å². The monoisotopic (exact) mass is 226 g/mol. The van der Waals surface area contributed by atoms with E-state index in [4.69, 9.17) is 0 Å². The molecule has 0 unspecified atom stereocenters. The second-order valence-electron chi connectivity index (χ2n) is 4.04. The molecule has 1 heteroatoms. The van der Waals surface area contributed by atoms with E-state index in [9.17, 15) is 0 Å². The highest BCUT2D eigenvalue weighted by Crippen LogP contribution is 2.26. The molecule has 0 fully saturated rings. The fraction of sp³-hybridized carbons (Fsp3) is 0.455. The van der Waals surface area contributed by atoms with Crippen molar-refractivity contribution in [2.75, 3.05) is 0 Å². The van der Waals surface area contributed by atoms with Gasteiger partial charge in [-0.15, -0.1) is 0 Å². The lowest BCUT2D eigenvalue weighted by Crippen LogP contribution is -2.13. The normalized spacial score (nSPS) is 11.7. The van der Waals surface area contributed by atoms with Crippen LogP contribution in [-0.2, 0) is 10.7 Å². The van der Waals surface area contributed by atoms with Crippen LogP contribution in [0.15, 0.2) is 24.3 Å². The highest BCUT2D eigenvalue weighted by Gasteiger charge is 2.15. The molecule has 0 heterocycles. The quantitative estimate of drug-likeness (QED) is 0.638. The molecule has 0 spiro atoms. The molecular formula is C11H15Br. The first-order valence-electron chi connectivity index (χ1n) is 4.20. The van der Waals surface area contributed by atoms with Gasteiger partial charge in [-0.2, -0.15) is 0 Å². The van der Waals surface area contributed by atoms with Gasteiger partial charge in [0.2, 0.25) is 0 Å². The summed E-state index contributed by atoms with van der Waals surface area (Å²) in [5, 5.41) is 0.945. The number of hydrogen-bond acceptors (Lipinski definition) is 0. The van der Waals surface area contributed by atoms with Crippen LogP contribution < -0.4 is 0 Å². The van der Waals surface area contributed by atoms with Gasteiger partial charge in [0.1, 0.15) is 0 Å². The summed E-state index contributed by atoms with van der Waals surface area (Å²) in [6.07, 6.45) is 0. The van der Waals surface area contributed by atoms with Crippen LogP contribution in [0.5, 0.6) is 0 Å². The van der Waals surface area contributed by atoms with Crippen molar-refractivity contribution in [1.29, 1.82) is 0 Å². The zero-order valence-electron chi connectivity index (χ0n) is 7.89. The fourth-order valence-corrected chi connectivity index (χ4v) is 1.86. The Balaban J connectivity index is 3.14. The van der Waals surface area contributed by atoms with Crippen molar-refractivity contribution in [3.05, 3.63) is 35.4 Å². The minimum Gasteiger partial charge on any atom is -0.0876 e. The Labute approximate surface area is 83.1 Å². The Bertz CT molecular complexity index is 258. The number of halogens is 1. The van der Waals surface area contributed by atoms with Crippen molar-refractivity contribution in [3.8, 4) is 0 Å². The van der Waals surface area contributed by atoms with Crippen molar-refractivity contribution in [1.82, 2.24) is 0 Å². The third kappa shape index (κ3) is 2.10. The fourth-order valence-electron chi connectivity index (χ4n) is 1.37. The molecule has 0 amide bonds. The molecule has 0 atom stereocenters. The van der Waals surface area contributed by atoms with Gasteiger partial charge in [0, 0.05) is 5.33 Å². The lowest BCUT2D eigenvalue weighted by molar-refractivity contribution is 0.586. The Morgan fingerprint density at radius 1 is 1.17 bits per heavy atom. The van der Waals surface area contributed by atoms with Crippen molar-refractivity contribution < 1.29 is 0 Å². The minimum atomic E-state index is 0.254. The molecule has 12 heavy (non-hydrogen) atoms.